The first kappa shape index (κ1) is 19.9. The second-order valence-electron chi connectivity index (χ2n) is 7.59. The van der Waals surface area contributed by atoms with Crippen molar-refractivity contribution in [2.75, 3.05) is 11.6 Å². The number of hydrazone groups is 1. The van der Waals surface area contributed by atoms with Crippen LogP contribution in [0.2, 0.25) is 0 Å². The summed E-state index contributed by atoms with van der Waals surface area (Å²) in [4.78, 5) is 19.1. The first-order valence-corrected chi connectivity index (χ1v) is 10.3. The van der Waals surface area contributed by atoms with Crippen LogP contribution in [0, 0.1) is 5.92 Å². The maximum absolute atomic E-state index is 13.4. The molecule has 0 saturated heterocycles. The molecule has 0 unspecified atom stereocenters. The molecule has 4 rings (SSSR count). The van der Waals surface area contributed by atoms with Gasteiger partial charge in [-0.1, -0.05) is 37.5 Å². The third-order valence-corrected chi connectivity index (χ3v) is 5.59. The number of hydrogen-bond donors (Lipinski definition) is 3. The van der Waals surface area contributed by atoms with Gasteiger partial charge in [0, 0.05) is 11.5 Å². The van der Waals surface area contributed by atoms with Crippen LogP contribution in [0.5, 0.6) is 0 Å². The van der Waals surface area contributed by atoms with Gasteiger partial charge < -0.3 is 17.2 Å². The first-order chi connectivity index (χ1) is 14.6. The molecular weight excluding hydrogens is 378 g/mol. The number of para-hydroxylation sites is 1. The minimum absolute atomic E-state index is 0.00558. The van der Waals surface area contributed by atoms with Crippen molar-refractivity contribution >= 4 is 34.8 Å². The van der Waals surface area contributed by atoms with Gasteiger partial charge >= 0.3 is 6.03 Å². The quantitative estimate of drug-likeness (QED) is 0.532. The molecule has 1 heterocycles. The fraction of sp³-hybridized carbons (Fsp3) is 0.318. The van der Waals surface area contributed by atoms with Crippen molar-refractivity contribution < 1.29 is 4.79 Å². The van der Waals surface area contributed by atoms with Crippen molar-refractivity contribution in [3.8, 4) is 0 Å². The van der Waals surface area contributed by atoms with Gasteiger partial charge in [-0.05, 0) is 43.2 Å². The van der Waals surface area contributed by atoms with Crippen LogP contribution in [-0.2, 0) is 0 Å². The predicted molar refractivity (Wildman–Crippen MR) is 120 cm³/mol. The van der Waals surface area contributed by atoms with E-state index in [1.54, 1.807) is 17.0 Å². The summed E-state index contributed by atoms with van der Waals surface area (Å²) in [6.45, 7) is 0.00558. The number of rotatable bonds is 4. The van der Waals surface area contributed by atoms with Gasteiger partial charge in [-0.15, -0.1) is 0 Å². The fourth-order valence-electron chi connectivity index (χ4n) is 4.20. The zero-order valence-corrected chi connectivity index (χ0v) is 16.9. The van der Waals surface area contributed by atoms with Crippen LogP contribution in [0.3, 0.4) is 0 Å². The lowest BCUT2D eigenvalue weighted by atomic mass is 9.83. The Hall–Kier alpha value is -3.39. The van der Waals surface area contributed by atoms with Gasteiger partial charge in [0.25, 0.3) is 0 Å². The summed E-state index contributed by atoms with van der Waals surface area (Å²) >= 11 is 0. The molecule has 8 heteroatoms. The lowest BCUT2D eigenvalue weighted by Gasteiger charge is -2.26. The van der Waals surface area contributed by atoms with E-state index in [0.717, 1.165) is 29.8 Å². The SMILES string of the molecule is NCN1N=C(C2CCCCC2)c2ccccc2N(c2ccc(N=C(N)N)cc2)C1=O. The van der Waals surface area contributed by atoms with Crippen molar-refractivity contribution in [1.82, 2.24) is 5.01 Å². The molecule has 6 N–H and O–H groups in total. The number of hydrogen-bond acceptors (Lipinski definition) is 4. The summed E-state index contributed by atoms with van der Waals surface area (Å²) in [5.74, 6) is 0.310. The highest BCUT2D eigenvalue weighted by Crippen LogP contribution is 2.37. The Balaban J connectivity index is 1.81. The molecule has 8 nitrogen and oxygen atoms in total. The summed E-state index contributed by atoms with van der Waals surface area (Å²) in [5, 5.41) is 6.11. The van der Waals surface area contributed by atoms with Gasteiger partial charge in [-0.3, -0.25) is 4.90 Å². The van der Waals surface area contributed by atoms with E-state index in [-0.39, 0.29) is 18.7 Å². The van der Waals surface area contributed by atoms with Gasteiger partial charge in [0.1, 0.15) is 0 Å². The summed E-state index contributed by atoms with van der Waals surface area (Å²) in [7, 11) is 0. The number of amides is 2. The molecule has 0 aromatic heterocycles. The van der Waals surface area contributed by atoms with Crippen LogP contribution in [0.4, 0.5) is 21.9 Å². The topological polar surface area (TPSA) is 126 Å². The first-order valence-electron chi connectivity index (χ1n) is 10.3. The van der Waals surface area contributed by atoms with Gasteiger partial charge in [0.15, 0.2) is 5.96 Å². The van der Waals surface area contributed by atoms with Gasteiger partial charge in [-0.2, -0.15) is 5.10 Å². The normalized spacial score (nSPS) is 17.2. The number of aliphatic imine (C=N–C) groups is 1. The highest BCUT2D eigenvalue weighted by Gasteiger charge is 2.33. The molecule has 156 valence electrons. The number of anilines is 2. The zero-order chi connectivity index (χ0) is 21.1. The number of urea groups is 1. The monoisotopic (exact) mass is 405 g/mol. The van der Waals surface area contributed by atoms with E-state index in [0.29, 0.717) is 17.3 Å². The van der Waals surface area contributed by atoms with Gasteiger partial charge in [0.2, 0.25) is 0 Å². The van der Waals surface area contributed by atoms with Gasteiger partial charge in [0.05, 0.1) is 29.4 Å². The van der Waals surface area contributed by atoms with Crippen LogP contribution in [0.15, 0.2) is 58.6 Å². The van der Waals surface area contributed by atoms with Crippen LogP contribution < -0.4 is 22.1 Å². The lowest BCUT2D eigenvalue weighted by molar-refractivity contribution is 0.211. The summed E-state index contributed by atoms with van der Waals surface area (Å²) < 4.78 is 0. The third kappa shape index (κ3) is 3.86. The minimum atomic E-state index is -0.287. The molecule has 1 fully saturated rings. The molecule has 1 saturated carbocycles. The molecule has 0 bridgehead atoms. The average molecular weight is 406 g/mol. The van der Waals surface area contributed by atoms with E-state index in [2.05, 4.69) is 4.99 Å². The fourth-order valence-corrected chi connectivity index (χ4v) is 4.20. The molecule has 0 atom stereocenters. The van der Waals surface area contributed by atoms with E-state index in [1.165, 1.54) is 24.3 Å². The van der Waals surface area contributed by atoms with Crippen LogP contribution in [0.1, 0.15) is 37.7 Å². The molecule has 1 aliphatic heterocycles. The number of guanidine groups is 1. The van der Waals surface area contributed by atoms with Crippen molar-refractivity contribution in [2.24, 2.45) is 33.2 Å². The number of fused-ring (bicyclic) bond motifs is 1. The standard InChI is InChI=1S/C22H27N7O/c23-14-28-22(30)29(17-12-10-16(11-13-17)26-21(24)25)19-9-5-4-8-18(19)20(27-28)15-6-2-1-3-7-15/h4-5,8-13,15H,1-3,6-7,14,23H2,(H4,24,25,26). The Morgan fingerprint density at radius 2 is 1.73 bits per heavy atom. The summed E-state index contributed by atoms with van der Waals surface area (Å²) in [5.41, 5.74) is 20.9. The molecule has 2 aliphatic rings. The van der Waals surface area contributed by atoms with Crippen LogP contribution in [-0.4, -0.2) is 29.4 Å². The van der Waals surface area contributed by atoms with Crippen molar-refractivity contribution in [3.63, 3.8) is 0 Å². The Bertz CT molecular complexity index is 973. The minimum Gasteiger partial charge on any atom is -0.370 e. The lowest BCUT2D eigenvalue weighted by Crippen LogP contribution is -2.40. The van der Waals surface area contributed by atoms with E-state index < -0.39 is 0 Å². The van der Waals surface area contributed by atoms with E-state index >= 15 is 0 Å². The smallest absolute Gasteiger partial charge is 0.350 e. The number of nitrogens with two attached hydrogens (primary N) is 3. The molecule has 30 heavy (non-hydrogen) atoms. The van der Waals surface area contributed by atoms with Crippen molar-refractivity contribution in [2.45, 2.75) is 32.1 Å². The maximum atomic E-state index is 13.4. The van der Waals surface area contributed by atoms with Crippen LogP contribution in [0.25, 0.3) is 0 Å². The second kappa shape index (κ2) is 8.54. The predicted octanol–water partition coefficient (Wildman–Crippen LogP) is 3.37. The Morgan fingerprint density at radius 3 is 2.40 bits per heavy atom. The Morgan fingerprint density at radius 1 is 1.03 bits per heavy atom. The molecular formula is C22H27N7O. The molecule has 2 amide bonds. The molecule has 1 aliphatic carbocycles. The maximum Gasteiger partial charge on any atom is 0.350 e. The Labute approximate surface area is 176 Å². The largest absolute Gasteiger partial charge is 0.370 e. The molecule has 0 radical (unpaired) electrons. The summed E-state index contributed by atoms with van der Waals surface area (Å²) in [6, 6.07) is 14.8. The number of carbonyl (C=O) groups excluding carboxylic acids is 1. The molecule has 0 spiro atoms. The molecule has 2 aromatic rings. The van der Waals surface area contributed by atoms with E-state index in [1.807, 2.05) is 36.4 Å². The number of carbonyl (C=O) groups is 1. The van der Waals surface area contributed by atoms with E-state index in [4.69, 9.17) is 22.3 Å². The average Bonchev–Trinajstić information content (AvgIpc) is 2.89. The van der Waals surface area contributed by atoms with Gasteiger partial charge in [-0.25, -0.2) is 14.8 Å². The van der Waals surface area contributed by atoms with E-state index in [9.17, 15) is 4.79 Å². The second-order valence-corrected chi connectivity index (χ2v) is 7.59. The van der Waals surface area contributed by atoms with Crippen LogP contribution >= 0.6 is 0 Å². The van der Waals surface area contributed by atoms with Crippen molar-refractivity contribution in [1.29, 1.82) is 0 Å². The third-order valence-electron chi connectivity index (χ3n) is 5.59. The van der Waals surface area contributed by atoms with Crippen molar-refractivity contribution in [3.05, 3.63) is 54.1 Å². The molecule has 2 aromatic carbocycles. The summed E-state index contributed by atoms with van der Waals surface area (Å²) in [6.07, 6.45) is 5.76. The number of benzene rings is 2. The highest BCUT2D eigenvalue weighted by atomic mass is 16.2. The Kier molecular flexibility index (Phi) is 5.67. The highest BCUT2D eigenvalue weighted by molar-refractivity contribution is 6.13. The number of nitrogens with zero attached hydrogens (tertiary/aromatic N) is 4. The zero-order valence-electron chi connectivity index (χ0n) is 16.9.